The van der Waals surface area contributed by atoms with Crippen molar-refractivity contribution in [3.63, 3.8) is 0 Å². The van der Waals surface area contributed by atoms with Gasteiger partial charge in [-0.3, -0.25) is 4.98 Å². The van der Waals surface area contributed by atoms with Gasteiger partial charge in [0.05, 0.1) is 18.3 Å². The van der Waals surface area contributed by atoms with Gasteiger partial charge in [0.2, 0.25) is 5.95 Å². The minimum absolute atomic E-state index is 0.116. The van der Waals surface area contributed by atoms with Crippen LogP contribution >= 0.6 is 0 Å². The van der Waals surface area contributed by atoms with E-state index in [9.17, 15) is 8.42 Å². The van der Waals surface area contributed by atoms with Crippen LogP contribution in [0.1, 0.15) is 0 Å². The maximum absolute atomic E-state index is 13.7. The Kier molecular flexibility index (Phi) is 6.09. The number of pyridine rings is 1. The lowest BCUT2D eigenvalue weighted by Crippen LogP contribution is -2.44. The van der Waals surface area contributed by atoms with Gasteiger partial charge in [-0.1, -0.05) is 18.2 Å². The lowest BCUT2D eigenvalue weighted by atomic mass is 10.2. The van der Waals surface area contributed by atoms with Gasteiger partial charge in [0.1, 0.15) is 10.6 Å². The maximum atomic E-state index is 13.7. The summed E-state index contributed by atoms with van der Waals surface area (Å²) in [5, 5.41) is 4.55. The fraction of sp³-hybridized carbons (Fsp3) is 0.222. The highest BCUT2D eigenvalue weighted by molar-refractivity contribution is 7.90. The maximum Gasteiger partial charge on any atom is 0.271 e. The Morgan fingerprint density at radius 1 is 0.947 bits per heavy atom. The van der Waals surface area contributed by atoms with Crippen LogP contribution in [0.4, 0.5) is 17.3 Å². The highest BCUT2D eigenvalue weighted by Crippen LogP contribution is 2.33. The van der Waals surface area contributed by atoms with Crippen molar-refractivity contribution in [2.45, 2.75) is 4.90 Å². The van der Waals surface area contributed by atoms with Crippen LogP contribution in [-0.2, 0) is 10.0 Å². The molecule has 5 aromatic rings. The second kappa shape index (κ2) is 9.58. The molecule has 3 aromatic heterocycles. The van der Waals surface area contributed by atoms with Crippen LogP contribution in [-0.4, -0.2) is 72.6 Å². The number of likely N-dealkylation sites (N-methyl/N-ethyl adjacent to an activating group) is 1. The topological polar surface area (TPSA) is 105 Å². The summed E-state index contributed by atoms with van der Waals surface area (Å²) in [7, 11) is -0.186. The number of nitrogens with one attached hydrogen (secondary N) is 1. The molecule has 0 aliphatic carbocycles. The number of methoxy groups -OCH3 is 1. The van der Waals surface area contributed by atoms with Crippen LogP contribution < -0.4 is 15.0 Å². The normalized spacial score (nSPS) is 14.7. The van der Waals surface area contributed by atoms with Crippen LogP contribution in [0.5, 0.6) is 5.75 Å². The average molecular weight is 530 g/mol. The third-order valence-electron chi connectivity index (χ3n) is 6.81. The fourth-order valence-corrected chi connectivity index (χ4v) is 6.20. The van der Waals surface area contributed by atoms with Gasteiger partial charge in [0.15, 0.2) is 5.65 Å². The lowest BCUT2D eigenvalue weighted by molar-refractivity contribution is 0.311. The quantitative estimate of drug-likeness (QED) is 0.352. The first kappa shape index (κ1) is 24.1. The first-order chi connectivity index (χ1) is 18.4. The van der Waals surface area contributed by atoms with Crippen LogP contribution in [0.3, 0.4) is 0 Å². The van der Waals surface area contributed by atoms with E-state index in [0.29, 0.717) is 10.9 Å². The van der Waals surface area contributed by atoms with Gasteiger partial charge in [0, 0.05) is 67.3 Å². The minimum atomic E-state index is -3.96. The van der Waals surface area contributed by atoms with Crippen molar-refractivity contribution in [1.82, 2.24) is 23.8 Å². The standard InChI is InChI=1S/C27H27N7O3S/c1-32-13-15-33(16-14-32)22-9-8-21(17-23(22)37-2)30-27-29-18-20-10-12-34(26(20)31-27)38(35,36)24-7-3-5-19-6-4-11-28-25(19)24/h3-12,17-18H,13-16H2,1-2H3,(H,29,30,31). The number of anilines is 3. The Morgan fingerprint density at radius 2 is 1.76 bits per heavy atom. The number of nitrogens with zero attached hydrogens (tertiary/aromatic N) is 6. The number of ether oxygens (including phenoxy) is 1. The van der Waals surface area contributed by atoms with Crippen LogP contribution in [0, 0.1) is 0 Å². The molecule has 1 saturated heterocycles. The Morgan fingerprint density at radius 3 is 2.58 bits per heavy atom. The van der Waals surface area contributed by atoms with Gasteiger partial charge in [-0.25, -0.2) is 17.4 Å². The Hall–Kier alpha value is -4.22. The second-order valence-electron chi connectivity index (χ2n) is 9.22. The molecule has 0 spiro atoms. The highest BCUT2D eigenvalue weighted by atomic mass is 32.2. The molecule has 1 N–H and O–H groups in total. The molecule has 1 fully saturated rings. The number of benzene rings is 2. The highest BCUT2D eigenvalue weighted by Gasteiger charge is 2.23. The molecule has 0 saturated carbocycles. The largest absolute Gasteiger partial charge is 0.495 e. The van der Waals surface area contributed by atoms with Crippen molar-refractivity contribution in [3.8, 4) is 5.75 Å². The van der Waals surface area contributed by atoms with E-state index in [-0.39, 0.29) is 16.5 Å². The molecule has 6 rings (SSSR count). The summed E-state index contributed by atoms with van der Waals surface area (Å²) in [6.45, 7) is 3.84. The van der Waals surface area contributed by atoms with Gasteiger partial charge >= 0.3 is 0 Å². The lowest BCUT2D eigenvalue weighted by Gasteiger charge is -2.34. The predicted molar refractivity (Wildman–Crippen MR) is 148 cm³/mol. The smallest absolute Gasteiger partial charge is 0.271 e. The summed E-state index contributed by atoms with van der Waals surface area (Å²) >= 11 is 0. The van der Waals surface area contributed by atoms with E-state index in [2.05, 4.69) is 37.1 Å². The molecule has 38 heavy (non-hydrogen) atoms. The number of hydrogen-bond donors (Lipinski definition) is 1. The molecule has 2 aromatic carbocycles. The summed E-state index contributed by atoms with van der Waals surface area (Å²) in [5.41, 5.74) is 2.46. The van der Waals surface area contributed by atoms with E-state index in [1.165, 1.54) is 10.2 Å². The number of piperazine rings is 1. The zero-order valence-corrected chi connectivity index (χ0v) is 21.9. The molecule has 0 radical (unpaired) electrons. The molecular formula is C27H27N7O3S. The SMILES string of the molecule is COc1cc(Nc2ncc3ccn(S(=O)(=O)c4cccc5cccnc45)c3n2)ccc1N1CCN(C)CC1. The van der Waals surface area contributed by atoms with Crippen LogP contribution in [0.25, 0.3) is 21.9 Å². The van der Waals surface area contributed by atoms with E-state index in [1.54, 1.807) is 43.8 Å². The van der Waals surface area contributed by atoms with Crippen LogP contribution in [0.2, 0.25) is 0 Å². The third-order valence-corrected chi connectivity index (χ3v) is 8.50. The molecular weight excluding hydrogens is 502 g/mol. The van der Waals surface area contributed by atoms with Crippen molar-refractivity contribution >= 4 is 49.3 Å². The van der Waals surface area contributed by atoms with Crippen molar-refractivity contribution in [2.75, 3.05) is 50.6 Å². The molecule has 11 heteroatoms. The summed E-state index contributed by atoms with van der Waals surface area (Å²) in [5.74, 6) is 1.02. The first-order valence-corrected chi connectivity index (χ1v) is 13.7. The molecule has 10 nitrogen and oxygen atoms in total. The molecule has 4 heterocycles. The van der Waals surface area contributed by atoms with Gasteiger partial charge in [-0.2, -0.15) is 4.98 Å². The Bertz CT molecular complexity index is 1740. The van der Waals surface area contributed by atoms with Crippen molar-refractivity contribution in [2.24, 2.45) is 0 Å². The van der Waals surface area contributed by atoms with Gasteiger partial charge in [-0.05, 0) is 37.4 Å². The van der Waals surface area contributed by atoms with Crippen molar-refractivity contribution < 1.29 is 13.2 Å². The predicted octanol–water partition coefficient (Wildman–Crippen LogP) is 3.72. The van der Waals surface area contributed by atoms with E-state index in [1.807, 2.05) is 30.3 Å². The molecule has 0 amide bonds. The van der Waals surface area contributed by atoms with Crippen molar-refractivity contribution in [3.05, 3.63) is 73.2 Å². The van der Waals surface area contributed by atoms with E-state index in [4.69, 9.17) is 4.74 Å². The zero-order chi connectivity index (χ0) is 26.3. The van der Waals surface area contributed by atoms with E-state index < -0.39 is 10.0 Å². The molecule has 194 valence electrons. The number of hydrogen-bond acceptors (Lipinski definition) is 9. The third kappa shape index (κ3) is 4.29. The summed E-state index contributed by atoms with van der Waals surface area (Å²) in [6.07, 6.45) is 4.69. The molecule has 1 aliphatic heterocycles. The van der Waals surface area contributed by atoms with E-state index in [0.717, 1.165) is 48.7 Å². The van der Waals surface area contributed by atoms with Crippen molar-refractivity contribution in [1.29, 1.82) is 0 Å². The molecule has 0 unspecified atom stereocenters. The first-order valence-electron chi connectivity index (χ1n) is 12.3. The van der Waals surface area contributed by atoms with Crippen LogP contribution in [0.15, 0.2) is 78.1 Å². The van der Waals surface area contributed by atoms with Gasteiger partial charge < -0.3 is 19.9 Å². The van der Waals surface area contributed by atoms with Gasteiger partial charge in [0.25, 0.3) is 10.0 Å². The fourth-order valence-electron chi connectivity index (χ4n) is 4.73. The Labute approximate surface area is 220 Å². The summed E-state index contributed by atoms with van der Waals surface area (Å²) < 4.78 is 34.3. The molecule has 1 aliphatic rings. The van der Waals surface area contributed by atoms with Gasteiger partial charge in [-0.15, -0.1) is 0 Å². The number of fused-ring (bicyclic) bond motifs is 2. The summed E-state index contributed by atoms with van der Waals surface area (Å²) in [6, 6.07) is 16.3. The monoisotopic (exact) mass is 529 g/mol. The zero-order valence-electron chi connectivity index (χ0n) is 21.1. The molecule has 0 bridgehead atoms. The second-order valence-corrected chi connectivity index (χ2v) is 11.0. The molecule has 0 atom stereocenters. The summed E-state index contributed by atoms with van der Waals surface area (Å²) in [4.78, 5) is 18.0. The number of rotatable bonds is 6. The minimum Gasteiger partial charge on any atom is -0.495 e. The average Bonchev–Trinajstić information content (AvgIpc) is 3.37. The number of aromatic nitrogens is 4. The Balaban J connectivity index is 1.33. The van der Waals surface area contributed by atoms with E-state index >= 15 is 0 Å². The number of para-hydroxylation sites is 1.